The summed E-state index contributed by atoms with van der Waals surface area (Å²) in [5.74, 6) is 0.115. The predicted octanol–water partition coefficient (Wildman–Crippen LogP) is 2.76. The molecule has 1 aliphatic carbocycles. The molecule has 1 aromatic carbocycles. The van der Waals surface area contributed by atoms with Gasteiger partial charge in [-0.05, 0) is 24.3 Å². The van der Waals surface area contributed by atoms with Gasteiger partial charge in [0.1, 0.15) is 0 Å². The van der Waals surface area contributed by atoms with Gasteiger partial charge in [-0.1, -0.05) is 12.2 Å². The zero-order chi connectivity index (χ0) is 16.2. The molecule has 0 saturated carbocycles. The number of rotatable bonds is 6. The van der Waals surface area contributed by atoms with Gasteiger partial charge >= 0.3 is 0 Å². The fourth-order valence-corrected chi connectivity index (χ4v) is 2.38. The maximum Gasteiger partial charge on any atom is 0.191 e. The summed E-state index contributed by atoms with van der Waals surface area (Å²) in [6.45, 7) is 0. The van der Waals surface area contributed by atoms with Crippen LogP contribution in [0.4, 0.5) is 0 Å². The average Bonchev–Trinajstić information content (AvgIpc) is 2.60. The Morgan fingerprint density at radius 2 is 1.73 bits per heavy atom. The molecular weight excluding hydrogens is 284 g/mol. The highest BCUT2D eigenvalue weighted by molar-refractivity contribution is 6.09. The summed E-state index contributed by atoms with van der Waals surface area (Å²) >= 11 is 0. The van der Waals surface area contributed by atoms with Gasteiger partial charge < -0.3 is 18.9 Å². The summed E-state index contributed by atoms with van der Waals surface area (Å²) in [7, 11) is 6.20. The molecule has 0 amide bonds. The van der Waals surface area contributed by atoms with Gasteiger partial charge in [0.2, 0.25) is 0 Å². The summed E-state index contributed by atoms with van der Waals surface area (Å²) in [4.78, 5) is 12.7. The van der Waals surface area contributed by atoms with Crippen molar-refractivity contribution in [2.75, 3.05) is 28.4 Å². The molecule has 0 saturated heterocycles. The van der Waals surface area contributed by atoms with E-state index in [0.29, 0.717) is 29.1 Å². The maximum atomic E-state index is 12.7. The van der Waals surface area contributed by atoms with Crippen LogP contribution >= 0.6 is 0 Å². The van der Waals surface area contributed by atoms with Crippen molar-refractivity contribution in [3.05, 3.63) is 47.6 Å². The lowest BCUT2D eigenvalue weighted by molar-refractivity contribution is -0.168. The molecular formula is C17H20O5. The van der Waals surface area contributed by atoms with Crippen LogP contribution in [-0.4, -0.2) is 40.0 Å². The van der Waals surface area contributed by atoms with Crippen molar-refractivity contribution in [3.63, 3.8) is 0 Å². The SMILES string of the molecule is COc1ccc(C(=O)C2=CC=CC(OC)(OC)C2)cc1OC. The van der Waals surface area contributed by atoms with Gasteiger partial charge in [0, 0.05) is 31.8 Å². The molecule has 0 radical (unpaired) electrons. The van der Waals surface area contributed by atoms with E-state index in [2.05, 4.69) is 0 Å². The molecule has 118 valence electrons. The molecule has 1 aliphatic rings. The van der Waals surface area contributed by atoms with Crippen LogP contribution in [0, 0.1) is 0 Å². The number of ether oxygens (including phenoxy) is 4. The molecule has 2 rings (SSSR count). The van der Waals surface area contributed by atoms with Gasteiger partial charge in [0.05, 0.1) is 14.2 Å². The van der Waals surface area contributed by atoms with Gasteiger partial charge in [-0.15, -0.1) is 0 Å². The third-order valence-electron chi connectivity index (χ3n) is 3.71. The van der Waals surface area contributed by atoms with Crippen LogP contribution < -0.4 is 9.47 Å². The fourth-order valence-electron chi connectivity index (χ4n) is 2.38. The molecule has 0 aromatic heterocycles. The van der Waals surface area contributed by atoms with E-state index in [-0.39, 0.29) is 5.78 Å². The van der Waals surface area contributed by atoms with Crippen molar-refractivity contribution in [2.45, 2.75) is 12.2 Å². The van der Waals surface area contributed by atoms with Crippen molar-refractivity contribution in [3.8, 4) is 11.5 Å². The van der Waals surface area contributed by atoms with Crippen molar-refractivity contribution >= 4 is 5.78 Å². The molecule has 0 heterocycles. The molecule has 0 fully saturated rings. The third-order valence-corrected chi connectivity index (χ3v) is 3.71. The van der Waals surface area contributed by atoms with Crippen LogP contribution in [0.1, 0.15) is 16.8 Å². The Morgan fingerprint density at radius 3 is 2.32 bits per heavy atom. The van der Waals surface area contributed by atoms with E-state index in [1.165, 1.54) is 7.11 Å². The Balaban J connectivity index is 2.29. The van der Waals surface area contributed by atoms with Gasteiger partial charge in [-0.25, -0.2) is 0 Å². The van der Waals surface area contributed by atoms with E-state index in [1.54, 1.807) is 57.8 Å². The Bertz CT molecular complexity index is 611. The number of methoxy groups -OCH3 is 4. The molecule has 1 aromatic rings. The first-order valence-electron chi connectivity index (χ1n) is 6.84. The first kappa shape index (κ1) is 16.3. The first-order chi connectivity index (χ1) is 10.6. The number of hydrogen-bond acceptors (Lipinski definition) is 5. The van der Waals surface area contributed by atoms with E-state index in [0.717, 1.165) is 0 Å². The minimum atomic E-state index is -0.893. The lowest BCUT2D eigenvalue weighted by Gasteiger charge is -2.30. The molecule has 5 nitrogen and oxygen atoms in total. The third kappa shape index (κ3) is 3.05. The number of carbonyl (C=O) groups is 1. The van der Waals surface area contributed by atoms with Crippen molar-refractivity contribution in [1.82, 2.24) is 0 Å². The van der Waals surface area contributed by atoms with E-state index in [4.69, 9.17) is 18.9 Å². The first-order valence-corrected chi connectivity index (χ1v) is 6.84. The summed E-state index contributed by atoms with van der Waals surface area (Å²) in [6.07, 6.45) is 5.68. The number of benzene rings is 1. The monoisotopic (exact) mass is 304 g/mol. The second kappa shape index (κ2) is 6.77. The zero-order valence-electron chi connectivity index (χ0n) is 13.2. The van der Waals surface area contributed by atoms with E-state index in [9.17, 15) is 4.79 Å². The molecule has 0 unspecified atom stereocenters. The highest BCUT2D eigenvalue weighted by Gasteiger charge is 2.32. The highest BCUT2D eigenvalue weighted by Crippen LogP contribution is 2.32. The Morgan fingerprint density at radius 1 is 1.05 bits per heavy atom. The number of ketones is 1. The van der Waals surface area contributed by atoms with Crippen LogP contribution in [0.2, 0.25) is 0 Å². The molecule has 0 N–H and O–H groups in total. The van der Waals surface area contributed by atoms with Gasteiger partial charge in [-0.3, -0.25) is 4.79 Å². The lowest BCUT2D eigenvalue weighted by atomic mass is 9.92. The fraction of sp³-hybridized carbons (Fsp3) is 0.353. The number of Topliss-reactive ketones (excluding diaryl/α,β-unsaturated/α-hetero) is 1. The van der Waals surface area contributed by atoms with Gasteiger partial charge in [-0.2, -0.15) is 0 Å². The molecule has 0 spiro atoms. The van der Waals surface area contributed by atoms with E-state index < -0.39 is 5.79 Å². The zero-order valence-corrected chi connectivity index (χ0v) is 13.2. The van der Waals surface area contributed by atoms with Gasteiger partial charge in [0.15, 0.2) is 23.1 Å². The molecule has 5 heteroatoms. The van der Waals surface area contributed by atoms with Crippen LogP contribution in [0.3, 0.4) is 0 Å². The smallest absolute Gasteiger partial charge is 0.191 e. The van der Waals surface area contributed by atoms with E-state index in [1.807, 2.05) is 0 Å². The molecule has 0 atom stereocenters. The quantitative estimate of drug-likeness (QED) is 0.597. The Kier molecular flexibility index (Phi) is 5.00. The average molecular weight is 304 g/mol. The minimum Gasteiger partial charge on any atom is -0.493 e. The van der Waals surface area contributed by atoms with Crippen LogP contribution in [-0.2, 0) is 9.47 Å². The molecule has 22 heavy (non-hydrogen) atoms. The maximum absolute atomic E-state index is 12.7. The Hall–Kier alpha value is -2.11. The number of allylic oxidation sites excluding steroid dienone is 2. The topological polar surface area (TPSA) is 54.0 Å². The second-order valence-electron chi connectivity index (χ2n) is 4.85. The largest absolute Gasteiger partial charge is 0.493 e. The van der Waals surface area contributed by atoms with E-state index >= 15 is 0 Å². The predicted molar refractivity (Wildman–Crippen MR) is 82.5 cm³/mol. The van der Waals surface area contributed by atoms with Crippen LogP contribution in [0.25, 0.3) is 0 Å². The summed E-state index contributed by atoms with van der Waals surface area (Å²) in [5.41, 5.74) is 1.14. The second-order valence-corrected chi connectivity index (χ2v) is 4.85. The van der Waals surface area contributed by atoms with Crippen LogP contribution in [0.15, 0.2) is 42.0 Å². The number of hydrogen-bond donors (Lipinski definition) is 0. The van der Waals surface area contributed by atoms with Crippen molar-refractivity contribution in [2.24, 2.45) is 0 Å². The van der Waals surface area contributed by atoms with Crippen molar-refractivity contribution < 1.29 is 23.7 Å². The van der Waals surface area contributed by atoms with Gasteiger partial charge in [0.25, 0.3) is 0 Å². The molecule has 0 aliphatic heterocycles. The summed E-state index contributed by atoms with van der Waals surface area (Å²) < 4.78 is 21.2. The minimum absolute atomic E-state index is 0.0937. The summed E-state index contributed by atoms with van der Waals surface area (Å²) in [5, 5.41) is 0. The van der Waals surface area contributed by atoms with Crippen LogP contribution in [0.5, 0.6) is 11.5 Å². The normalized spacial score (nSPS) is 16.1. The Labute approximate surface area is 130 Å². The number of carbonyl (C=O) groups excluding carboxylic acids is 1. The summed E-state index contributed by atoms with van der Waals surface area (Å²) in [6, 6.07) is 5.09. The molecule has 0 bridgehead atoms. The lowest BCUT2D eigenvalue weighted by Crippen LogP contribution is -2.34. The highest BCUT2D eigenvalue weighted by atomic mass is 16.7. The standard InChI is InChI=1S/C17H20O5/c1-19-14-8-7-12(10-15(14)20-2)16(18)13-6-5-9-17(11-13,21-3)22-4/h5-10H,11H2,1-4H3. The van der Waals surface area contributed by atoms with Crippen molar-refractivity contribution in [1.29, 1.82) is 0 Å².